The lowest BCUT2D eigenvalue weighted by Crippen LogP contribution is -2.07. The van der Waals surface area contributed by atoms with Crippen LogP contribution in [-0.2, 0) is 17.9 Å². The third-order valence-corrected chi connectivity index (χ3v) is 4.36. The minimum atomic E-state index is 0.390. The van der Waals surface area contributed by atoms with Crippen molar-refractivity contribution in [2.24, 2.45) is 0 Å². The molecular formula is C20H24N4O2. The van der Waals surface area contributed by atoms with Gasteiger partial charge in [-0.15, -0.1) is 0 Å². The number of nitrogens with zero attached hydrogens (tertiary/aromatic N) is 4. The maximum atomic E-state index is 5.49. The van der Waals surface area contributed by atoms with Gasteiger partial charge in [-0.05, 0) is 31.9 Å². The Balaban J connectivity index is 2.05. The van der Waals surface area contributed by atoms with Crippen LogP contribution in [0, 0.1) is 13.8 Å². The molecule has 6 heteroatoms. The number of methoxy groups -OCH3 is 1. The molecule has 0 atom stereocenters. The summed E-state index contributed by atoms with van der Waals surface area (Å²) >= 11 is 0. The van der Waals surface area contributed by atoms with E-state index in [0.717, 1.165) is 22.7 Å². The van der Waals surface area contributed by atoms with Crippen LogP contribution in [-0.4, -0.2) is 33.5 Å². The molecule has 3 aromatic rings. The maximum Gasteiger partial charge on any atom is 0.176 e. The van der Waals surface area contributed by atoms with Crippen molar-refractivity contribution >= 4 is 0 Å². The molecule has 0 saturated carbocycles. The molecule has 0 aliphatic carbocycles. The van der Waals surface area contributed by atoms with E-state index in [0.29, 0.717) is 25.6 Å². The van der Waals surface area contributed by atoms with Crippen molar-refractivity contribution in [1.82, 2.24) is 19.7 Å². The fraction of sp³-hybridized carbons (Fsp3) is 0.350. The van der Waals surface area contributed by atoms with Gasteiger partial charge in [0, 0.05) is 23.9 Å². The third-order valence-electron chi connectivity index (χ3n) is 4.36. The van der Waals surface area contributed by atoms with Gasteiger partial charge in [-0.3, -0.25) is 4.98 Å². The van der Waals surface area contributed by atoms with Gasteiger partial charge in [-0.2, -0.15) is 5.10 Å². The zero-order valence-electron chi connectivity index (χ0n) is 15.7. The van der Waals surface area contributed by atoms with Crippen LogP contribution in [0.15, 0.2) is 36.7 Å². The number of ether oxygens (including phenoxy) is 2. The van der Waals surface area contributed by atoms with E-state index >= 15 is 0 Å². The highest BCUT2D eigenvalue weighted by Crippen LogP contribution is 2.28. The van der Waals surface area contributed by atoms with E-state index in [-0.39, 0.29) is 0 Å². The molecule has 3 rings (SSSR count). The van der Waals surface area contributed by atoms with Crippen molar-refractivity contribution in [2.45, 2.75) is 33.9 Å². The average molecular weight is 352 g/mol. The van der Waals surface area contributed by atoms with E-state index in [9.17, 15) is 0 Å². The van der Waals surface area contributed by atoms with Gasteiger partial charge in [0.15, 0.2) is 11.6 Å². The number of aryl methyl sites for hydroxylation is 1. The lowest BCUT2D eigenvalue weighted by atomic mass is 10.1. The quantitative estimate of drug-likeness (QED) is 0.651. The first-order valence-electron chi connectivity index (χ1n) is 8.69. The molecule has 0 bridgehead atoms. The first-order chi connectivity index (χ1) is 12.6. The highest BCUT2D eigenvalue weighted by Gasteiger charge is 2.17. The molecule has 26 heavy (non-hydrogen) atoms. The van der Waals surface area contributed by atoms with Crippen LogP contribution in [0.25, 0.3) is 11.4 Å². The SMILES string of the molecule is CCOCc1nc(-c2cncc(OC)c2C)n(Cc2ccccc2C)n1. The van der Waals surface area contributed by atoms with Crippen molar-refractivity contribution < 1.29 is 9.47 Å². The first-order valence-corrected chi connectivity index (χ1v) is 8.69. The molecule has 0 spiro atoms. The van der Waals surface area contributed by atoms with E-state index in [1.54, 1.807) is 19.5 Å². The van der Waals surface area contributed by atoms with Crippen molar-refractivity contribution in [1.29, 1.82) is 0 Å². The Bertz CT molecular complexity index is 889. The summed E-state index contributed by atoms with van der Waals surface area (Å²) in [6, 6.07) is 8.29. The highest BCUT2D eigenvalue weighted by atomic mass is 16.5. The molecule has 0 saturated heterocycles. The van der Waals surface area contributed by atoms with Gasteiger partial charge < -0.3 is 9.47 Å². The van der Waals surface area contributed by atoms with Crippen LogP contribution in [0.5, 0.6) is 5.75 Å². The van der Waals surface area contributed by atoms with Crippen LogP contribution in [0.2, 0.25) is 0 Å². The van der Waals surface area contributed by atoms with Crippen molar-refractivity contribution in [3.05, 3.63) is 59.2 Å². The molecular weight excluding hydrogens is 328 g/mol. The molecule has 1 aromatic carbocycles. The van der Waals surface area contributed by atoms with Gasteiger partial charge in [0.2, 0.25) is 0 Å². The fourth-order valence-electron chi connectivity index (χ4n) is 2.84. The smallest absolute Gasteiger partial charge is 0.176 e. The van der Waals surface area contributed by atoms with Crippen LogP contribution in [0.4, 0.5) is 0 Å². The monoisotopic (exact) mass is 352 g/mol. The predicted molar refractivity (Wildman–Crippen MR) is 100 cm³/mol. The van der Waals surface area contributed by atoms with E-state index in [1.165, 1.54) is 11.1 Å². The largest absolute Gasteiger partial charge is 0.495 e. The van der Waals surface area contributed by atoms with E-state index in [1.807, 2.05) is 30.7 Å². The van der Waals surface area contributed by atoms with Gasteiger partial charge >= 0.3 is 0 Å². The Kier molecular flexibility index (Phi) is 5.63. The van der Waals surface area contributed by atoms with Gasteiger partial charge in [-0.1, -0.05) is 24.3 Å². The highest BCUT2D eigenvalue weighted by molar-refractivity contribution is 5.62. The Morgan fingerprint density at radius 3 is 2.65 bits per heavy atom. The van der Waals surface area contributed by atoms with E-state index in [2.05, 4.69) is 29.1 Å². The summed E-state index contributed by atoms with van der Waals surface area (Å²) in [5.74, 6) is 2.17. The van der Waals surface area contributed by atoms with Gasteiger partial charge in [-0.25, -0.2) is 9.67 Å². The summed E-state index contributed by atoms with van der Waals surface area (Å²) in [5.41, 5.74) is 4.33. The molecule has 0 N–H and O–H groups in total. The van der Waals surface area contributed by atoms with Crippen molar-refractivity contribution in [3.63, 3.8) is 0 Å². The van der Waals surface area contributed by atoms with Crippen LogP contribution in [0.1, 0.15) is 29.4 Å². The lowest BCUT2D eigenvalue weighted by molar-refractivity contribution is 0.128. The number of pyridine rings is 1. The summed E-state index contributed by atoms with van der Waals surface area (Å²) in [4.78, 5) is 9.00. The second kappa shape index (κ2) is 8.10. The topological polar surface area (TPSA) is 62.1 Å². The van der Waals surface area contributed by atoms with Crippen LogP contribution in [0.3, 0.4) is 0 Å². The standard InChI is InChI=1S/C20H24N4O2/c1-5-26-13-19-22-20(17-10-21-11-18(25-4)15(17)3)24(23-19)12-16-9-7-6-8-14(16)2/h6-11H,5,12-13H2,1-4H3. The summed E-state index contributed by atoms with van der Waals surface area (Å²) in [7, 11) is 1.65. The zero-order valence-corrected chi connectivity index (χ0v) is 15.7. The minimum Gasteiger partial charge on any atom is -0.495 e. The number of aromatic nitrogens is 4. The molecule has 0 amide bonds. The van der Waals surface area contributed by atoms with Crippen molar-refractivity contribution in [2.75, 3.05) is 13.7 Å². The molecule has 6 nitrogen and oxygen atoms in total. The Morgan fingerprint density at radius 1 is 1.12 bits per heavy atom. The third kappa shape index (κ3) is 3.75. The lowest BCUT2D eigenvalue weighted by Gasteiger charge is -2.11. The number of benzene rings is 1. The molecule has 2 heterocycles. The number of rotatable bonds is 7. The Morgan fingerprint density at radius 2 is 1.92 bits per heavy atom. The van der Waals surface area contributed by atoms with Gasteiger partial charge in [0.05, 0.1) is 19.9 Å². The summed E-state index contributed by atoms with van der Waals surface area (Å²) < 4.78 is 12.8. The molecule has 0 unspecified atom stereocenters. The maximum absolute atomic E-state index is 5.49. The van der Waals surface area contributed by atoms with Gasteiger partial charge in [0.25, 0.3) is 0 Å². The van der Waals surface area contributed by atoms with E-state index in [4.69, 9.17) is 14.5 Å². The van der Waals surface area contributed by atoms with E-state index < -0.39 is 0 Å². The molecule has 0 radical (unpaired) electrons. The molecule has 136 valence electrons. The van der Waals surface area contributed by atoms with Gasteiger partial charge in [0.1, 0.15) is 12.4 Å². The minimum absolute atomic E-state index is 0.390. The fourth-order valence-corrected chi connectivity index (χ4v) is 2.84. The second-order valence-electron chi connectivity index (χ2n) is 6.09. The first kappa shape index (κ1) is 18.1. The molecule has 0 aliphatic rings. The molecule has 0 aliphatic heterocycles. The van der Waals surface area contributed by atoms with Crippen LogP contribution >= 0.6 is 0 Å². The Labute approximate surface area is 153 Å². The number of hydrogen-bond acceptors (Lipinski definition) is 5. The normalized spacial score (nSPS) is 10.9. The summed E-state index contributed by atoms with van der Waals surface area (Å²) in [5, 5.41) is 4.67. The van der Waals surface area contributed by atoms with Crippen LogP contribution < -0.4 is 4.74 Å². The zero-order chi connectivity index (χ0) is 18.5. The second-order valence-corrected chi connectivity index (χ2v) is 6.09. The van der Waals surface area contributed by atoms with Crippen molar-refractivity contribution in [3.8, 4) is 17.1 Å². The number of hydrogen-bond donors (Lipinski definition) is 0. The summed E-state index contributed by atoms with van der Waals surface area (Å²) in [6.07, 6.45) is 3.52. The Hall–Kier alpha value is -2.73. The average Bonchev–Trinajstić information content (AvgIpc) is 3.04. The molecule has 2 aromatic heterocycles. The summed E-state index contributed by atoms with van der Waals surface area (Å²) in [6.45, 7) is 7.72. The predicted octanol–water partition coefficient (Wildman–Crippen LogP) is 3.55. The molecule has 0 fully saturated rings.